The van der Waals surface area contributed by atoms with E-state index >= 15 is 0 Å². The van der Waals surface area contributed by atoms with Crippen LogP contribution in [0.1, 0.15) is 78.6 Å². The monoisotopic (exact) mass is 488 g/mol. The van der Waals surface area contributed by atoms with Crippen molar-refractivity contribution in [1.82, 2.24) is 0 Å². The normalized spacial score (nSPS) is 12.3. The van der Waals surface area contributed by atoms with Gasteiger partial charge >= 0.3 is 0 Å². The Bertz CT molecular complexity index is 642. The number of halogens is 1. The maximum atomic E-state index is 6.97. The third-order valence-electron chi connectivity index (χ3n) is 6.01. The largest absolute Gasteiger partial charge is 0.407 e. The molecule has 0 saturated heterocycles. The van der Waals surface area contributed by atoms with Crippen molar-refractivity contribution in [3.63, 3.8) is 0 Å². The SMILES string of the molecule is CC(C)(C)[Si](OCCCCCCCCCCCBr)(c1ccccc1)c1ccccc1. The Morgan fingerprint density at radius 3 is 1.43 bits per heavy atom. The van der Waals surface area contributed by atoms with Crippen LogP contribution < -0.4 is 10.4 Å². The molecule has 0 atom stereocenters. The summed E-state index contributed by atoms with van der Waals surface area (Å²) in [6.45, 7) is 7.93. The van der Waals surface area contributed by atoms with Crippen LogP contribution in [0.5, 0.6) is 0 Å². The molecule has 0 aromatic heterocycles. The van der Waals surface area contributed by atoms with Crippen molar-refractivity contribution in [2.45, 2.75) is 83.6 Å². The van der Waals surface area contributed by atoms with Gasteiger partial charge in [-0.3, -0.25) is 0 Å². The van der Waals surface area contributed by atoms with E-state index in [2.05, 4.69) is 97.4 Å². The van der Waals surface area contributed by atoms with E-state index in [0.29, 0.717) is 0 Å². The first kappa shape index (κ1) is 25.4. The van der Waals surface area contributed by atoms with Crippen molar-refractivity contribution in [2.24, 2.45) is 0 Å². The molecular weight excluding hydrogens is 448 g/mol. The van der Waals surface area contributed by atoms with Crippen LogP contribution in [0, 0.1) is 0 Å². The molecule has 0 N–H and O–H groups in total. The van der Waals surface area contributed by atoms with Gasteiger partial charge in [0.2, 0.25) is 0 Å². The lowest BCUT2D eigenvalue weighted by atomic mass is 10.1. The molecule has 1 nitrogen and oxygen atoms in total. The van der Waals surface area contributed by atoms with Gasteiger partial charge in [-0.25, -0.2) is 0 Å². The molecule has 2 aromatic rings. The van der Waals surface area contributed by atoms with E-state index in [1.807, 2.05) is 0 Å². The Morgan fingerprint density at radius 1 is 0.633 bits per heavy atom. The van der Waals surface area contributed by atoms with Gasteiger partial charge in [0, 0.05) is 11.9 Å². The lowest BCUT2D eigenvalue weighted by Crippen LogP contribution is -2.66. The summed E-state index contributed by atoms with van der Waals surface area (Å²) < 4.78 is 6.97. The zero-order valence-electron chi connectivity index (χ0n) is 19.3. The van der Waals surface area contributed by atoms with Gasteiger partial charge in [-0.15, -0.1) is 0 Å². The van der Waals surface area contributed by atoms with Crippen molar-refractivity contribution < 1.29 is 4.43 Å². The van der Waals surface area contributed by atoms with Crippen molar-refractivity contribution in [2.75, 3.05) is 11.9 Å². The van der Waals surface area contributed by atoms with Gasteiger partial charge in [-0.1, -0.05) is 142 Å². The van der Waals surface area contributed by atoms with Gasteiger partial charge in [0.25, 0.3) is 8.32 Å². The second kappa shape index (κ2) is 13.5. The standard InChI is InChI=1S/C27H41BrOSi/c1-27(2,3)30(25-19-13-11-14-20-25,26-21-15-12-16-22-26)29-24-18-10-8-6-4-5-7-9-17-23-28/h11-16,19-22H,4-10,17-18,23-24H2,1-3H3. The highest BCUT2D eigenvalue weighted by Crippen LogP contribution is 2.36. The maximum Gasteiger partial charge on any atom is 0.261 e. The summed E-state index contributed by atoms with van der Waals surface area (Å²) in [5, 5.41) is 3.99. The highest BCUT2D eigenvalue weighted by molar-refractivity contribution is 9.09. The minimum atomic E-state index is -2.35. The highest BCUT2D eigenvalue weighted by atomic mass is 79.9. The molecule has 2 rings (SSSR count). The van der Waals surface area contributed by atoms with Gasteiger partial charge < -0.3 is 4.43 Å². The summed E-state index contributed by atoms with van der Waals surface area (Å²) in [5.74, 6) is 0. The van der Waals surface area contributed by atoms with Gasteiger partial charge in [-0.2, -0.15) is 0 Å². The Balaban J connectivity index is 1.94. The number of rotatable bonds is 14. The molecule has 0 fully saturated rings. The van der Waals surface area contributed by atoms with Crippen LogP contribution >= 0.6 is 15.9 Å². The number of benzene rings is 2. The van der Waals surface area contributed by atoms with Crippen LogP contribution in [0.4, 0.5) is 0 Å². The molecule has 0 aliphatic heterocycles. The van der Waals surface area contributed by atoms with Crippen LogP contribution in [-0.2, 0) is 4.43 Å². The molecule has 0 saturated carbocycles. The minimum absolute atomic E-state index is 0.0742. The zero-order chi connectivity index (χ0) is 21.7. The smallest absolute Gasteiger partial charge is 0.261 e. The van der Waals surface area contributed by atoms with Crippen molar-refractivity contribution in [3.05, 3.63) is 60.7 Å². The molecule has 0 aliphatic rings. The van der Waals surface area contributed by atoms with E-state index in [1.54, 1.807) is 0 Å². The third kappa shape index (κ3) is 7.35. The summed E-state index contributed by atoms with van der Waals surface area (Å²) in [4.78, 5) is 0. The van der Waals surface area contributed by atoms with E-state index in [9.17, 15) is 0 Å². The average Bonchev–Trinajstić information content (AvgIpc) is 2.75. The van der Waals surface area contributed by atoms with Gasteiger partial charge in [0.15, 0.2) is 0 Å². The Labute approximate surface area is 194 Å². The lowest BCUT2D eigenvalue weighted by Gasteiger charge is -2.43. The van der Waals surface area contributed by atoms with Crippen molar-refractivity contribution in [1.29, 1.82) is 0 Å². The predicted molar refractivity (Wildman–Crippen MR) is 139 cm³/mol. The zero-order valence-corrected chi connectivity index (χ0v) is 21.9. The van der Waals surface area contributed by atoms with Crippen molar-refractivity contribution in [3.8, 4) is 0 Å². The Morgan fingerprint density at radius 2 is 1.03 bits per heavy atom. The third-order valence-corrected chi connectivity index (χ3v) is 11.6. The molecule has 0 radical (unpaired) electrons. The van der Waals surface area contributed by atoms with Crippen LogP contribution in [0.2, 0.25) is 5.04 Å². The fourth-order valence-electron chi connectivity index (χ4n) is 4.42. The second-order valence-corrected chi connectivity index (χ2v) is 14.5. The van der Waals surface area contributed by atoms with Crippen LogP contribution in [0.25, 0.3) is 0 Å². The molecule has 0 aliphatic carbocycles. The molecule has 0 amide bonds. The van der Waals surface area contributed by atoms with E-state index < -0.39 is 8.32 Å². The van der Waals surface area contributed by atoms with Crippen molar-refractivity contribution >= 4 is 34.6 Å². The fraction of sp³-hybridized carbons (Fsp3) is 0.556. The molecule has 0 bridgehead atoms. The van der Waals surface area contributed by atoms with Crippen LogP contribution in [0.15, 0.2) is 60.7 Å². The number of alkyl halides is 1. The second-order valence-electron chi connectivity index (χ2n) is 9.38. The first-order valence-electron chi connectivity index (χ1n) is 11.8. The topological polar surface area (TPSA) is 9.23 Å². The minimum Gasteiger partial charge on any atom is -0.407 e. The quantitative estimate of drug-likeness (QED) is 0.152. The molecule has 0 unspecified atom stereocenters. The fourth-order valence-corrected chi connectivity index (χ4v) is 9.42. The summed E-state index contributed by atoms with van der Waals surface area (Å²) >= 11 is 3.51. The average molecular weight is 490 g/mol. The molecule has 0 heterocycles. The van der Waals surface area contributed by atoms with E-state index in [-0.39, 0.29) is 5.04 Å². The maximum absolute atomic E-state index is 6.97. The van der Waals surface area contributed by atoms with Crippen LogP contribution in [0.3, 0.4) is 0 Å². The highest BCUT2D eigenvalue weighted by Gasteiger charge is 2.49. The Hall–Kier alpha value is -0.903. The number of hydrogen-bond donors (Lipinski definition) is 0. The molecule has 166 valence electrons. The summed E-state index contributed by atoms with van der Waals surface area (Å²) in [6, 6.07) is 22.0. The predicted octanol–water partition coefficient (Wildman–Crippen LogP) is 7.47. The molecule has 3 heteroatoms. The van der Waals surface area contributed by atoms with Gasteiger partial charge in [-0.05, 0) is 28.3 Å². The molecule has 2 aromatic carbocycles. The molecular formula is C27H41BrOSi. The van der Waals surface area contributed by atoms with E-state index in [0.717, 1.165) is 18.4 Å². The first-order valence-corrected chi connectivity index (χ1v) is 14.9. The number of unbranched alkanes of at least 4 members (excludes halogenated alkanes) is 8. The Kier molecular flexibility index (Phi) is 11.4. The summed E-state index contributed by atoms with van der Waals surface area (Å²) in [7, 11) is -2.35. The summed E-state index contributed by atoms with van der Waals surface area (Å²) in [5.41, 5.74) is 0. The lowest BCUT2D eigenvalue weighted by molar-refractivity contribution is 0.286. The molecule has 0 spiro atoms. The number of hydrogen-bond acceptors (Lipinski definition) is 1. The van der Waals surface area contributed by atoms with E-state index in [1.165, 1.54) is 61.7 Å². The van der Waals surface area contributed by atoms with Gasteiger partial charge in [0.05, 0.1) is 0 Å². The van der Waals surface area contributed by atoms with Gasteiger partial charge in [0.1, 0.15) is 0 Å². The van der Waals surface area contributed by atoms with Crippen LogP contribution in [-0.4, -0.2) is 20.3 Å². The van der Waals surface area contributed by atoms with E-state index in [4.69, 9.17) is 4.43 Å². The first-order chi connectivity index (χ1) is 14.5. The summed E-state index contributed by atoms with van der Waals surface area (Å²) in [6.07, 6.45) is 12.0. The molecule has 30 heavy (non-hydrogen) atoms.